The van der Waals surface area contributed by atoms with Gasteiger partial charge in [-0.25, -0.2) is 15.0 Å². The number of benzene rings is 1. The van der Waals surface area contributed by atoms with Crippen LogP contribution in [0.3, 0.4) is 0 Å². The maximum absolute atomic E-state index is 5.48. The molecule has 0 bridgehead atoms. The Morgan fingerprint density at radius 1 is 1.00 bits per heavy atom. The van der Waals surface area contributed by atoms with Crippen LogP contribution in [0.2, 0.25) is 0 Å². The lowest BCUT2D eigenvalue weighted by Crippen LogP contribution is -2.24. The molecule has 0 radical (unpaired) electrons. The molecule has 10 nitrogen and oxygen atoms in total. The Morgan fingerprint density at radius 2 is 1.82 bits per heavy atom. The fourth-order valence-corrected chi connectivity index (χ4v) is 4.74. The van der Waals surface area contributed by atoms with Crippen molar-refractivity contribution < 1.29 is 4.74 Å². The first-order chi connectivity index (χ1) is 16.0. The van der Waals surface area contributed by atoms with Crippen LogP contribution >= 0.6 is 11.8 Å². The molecule has 5 rings (SSSR count). The van der Waals surface area contributed by atoms with E-state index in [1.165, 1.54) is 0 Å². The maximum atomic E-state index is 5.48. The molecule has 0 atom stereocenters. The van der Waals surface area contributed by atoms with E-state index < -0.39 is 0 Å². The van der Waals surface area contributed by atoms with Crippen molar-refractivity contribution in [3.63, 3.8) is 0 Å². The zero-order chi connectivity index (χ0) is 23.1. The summed E-state index contributed by atoms with van der Waals surface area (Å²) in [5, 5.41) is 0.875. The third-order valence-electron chi connectivity index (χ3n) is 5.29. The molecule has 33 heavy (non-hydrogen) atoms. The van der Waals surface area contributed by atoms with E-state index in [2.05, 4.69) is 47.6 Å². The first-order valence-electron chi connectivity index (χ1n) is 10.4. The largest absolute Gasteiger partial charge is 0.364 e. The predicted octanol–water partition coefficient (Wildman–Crippen LogP) is 3.00. The molecule has 0 unspecified atom stereocenters. The van der Waals surface area contributed by atoms with Gasteiger partial charge in [0.15, 0.2) is 22.8 Å². The van der Waals surface area contributed by atoms with Crippen LogP contribution in [0.5, 0.6) is 0 Å². The van der Waals surface area contributed by atoms with E-state index in [4.69, 9.17) is 9.72 Å². The van der Waals surface area contributed by atoms with Crippen LogP contribution in [0.1, 0.15) is 5.56 Å². The molecule has 0 fully saturated rings. The maximum Gasteiger partial charge on any atom is 0.228 e. The van der Waals surface area contributed by atoms with Gasteiger partial charge in [0.1, 0.15) is 11.8 Å². The van der Waals surface area contributed by atoms with E-state index in [1.807, 2.05) is 44.3 Å². The number of fused-ring (bicyclic) bond motifs is 3. The third kappa shape index (κ3) is 3.83. The van der Waals surface area contributed by atoms with Gasteiger partial charge in [-0.15, -0.1) is 0 Å². The molecule has 0 saturated carbocycles. The molecule has 0 N–H and O–H groups in total. The molecule has 1 aliphatic heterocycles. The van der Waals surface area contributed by atoms with E-state index in [1.54, 1.807) is 31.3 Å². The zero-order valence-electron chi connectivity index (χ0n) is 19.2. The van der Waals surface area contributed by atoms with Crippen molar-refractivity contribution in [2.45, 2.75) is 16.5 Å². The van der Waals surface area contributed by atoms with Gasteiger partial charge in [0.2, 0.25) is 5.95 Å². The molecule has 1 aliphatic rings. The lowest BCUT2D eigenvalue weighted by molar-refractivity contribution is 0.204. The van der Waals surface area contributed by atoms with Crippen molar-refractivity contribution in [2.75, 3.05) is 56.7 Å². The molecule has 0 saturated heterocycles. The molecule has 0 aliphatic carbocycles. The van der Waals surface area contributed by atoms with Gasteiger partial charge < -0.3 is 19.1 Å². The van der Waals surface area contributed by atoms with Crippen LogP contribution in [-0.4, -0.2) is 71.5 Å². The minimum absolute atomic E-state index is 0.391. The first-order valence-corrected chi connectivity index (χ1v) is 11.2. The molecular weight excluding hydrogens is 438 g/mol. The van der Waals surface area contributed by atoms with Gasteiger partial charge in [0, 0.05) is 52.6 Å². The van der Waals surface area contributed by atoms with E-state index in [0.717, 1.165) is 44.0 Å². The minimum Gasteiger partial charge on any atom is -0.364 e. The van der Waals surface area contributed by atoms with E-state index >= 15 is 0 Å². The summed E-state index contributed by atoms with van der Waals surface area (Å²) in [4.78, 5) is 30.1. The minimum atomic E-state index is 0.391. The summed E-state index contributed by atoms with van der Waals surface area (Å²) in [5.74, 6) is 2.25. The van der Waals surface area contributed by atoms with Gasteiger partial charge in [0.25, 0.3) is 0 Å². The number of methoxy groups -OCH3 is 1. The molecule has 4 aromatic rings. The summed E-state index contributed by atoms with van der Waals surface area (Å²) in [5.41, 5.74) is 3.76. The van der Waals surface area contributed by atoms with Crippen LogP contribution in [-0.2, 0) is 11.3 Å². The van der Waals surface area contributed by atoms with Crippen molar-refractivity contribution in [1.82, 2.24) is 29.5 Å². The van der Waals surface area contributed by atoms with E-state index in [0.29, 0.717) is 19.2 Å². The fourth-order valence-electron chi connectivity index (χ4n) is 3.75. The molecule has 11 heteroatoms. The van der Waals surface area contributed by atoms with Gasteiger partial charge in [-0.1, -0.05) is 17.8 Å². The van der Waals surface area contributed by atoms with Crippen molar-refractivity contribution in [3.05, 3.63) is 42.5 Å². The Kier molecular flexibility index (Phi) is 5.51. The van der Waals surface area contributed by atoms with Gasteiger partial charge in [-0.2, -0.15) is 9.97 Å². The highest BCUT2D eigenvalue weighted by Gasteiger charge is 2.26. The quantitative estimate of drug-likeness (QED) is 0.425. The number of nitrogens with zero attached hydrogens (tertiary/aromatic N) is 9. The summed E-state index contributed by atoms with van der Waals surface area (Å²) < 4.78 is 7.54. The molecule has 1 aromatic carbocycles. The average Bonchev–Trinajstić information content (AvgIpc) is 3.21. The van der Waals surface area contributed by atoms with E-state index in [-0.39, 0.29) is 0 Å². The second-order valence-electron chi connectivity index (χ2n) is 8.12. The Bertz CT molecular complexity index is 1320. The number of hydrogen-bond donors (Lipinski definition) is 0. The topological polar surface area (TPSA) is 88.3 Å². The number of imidazole rings is 1. The third-order valence-corrected chi connectivity index (χ3v) is 6.34. The van der Waals surface area contributed by atoms with E-state index in [9.17, 15) is 0 Å². The number of hydrogen-bond acceptors (Lipinski definition) is 10. The number of ether oxygens (including phenoxy) is 1. The Hall–Kier alpha value is -3.44. The van der Waals surface area contributed by atoms with Gasteiger partial charge >= 0.3 is 0 Å². The number of rotatable bonds is 6. The fraction of sp³-hybridized carbons (Fsp3) is 0.318. The van der Waals surface area contributed by atoms with Crippen LogP contribution in [0, 0.1) is 0 Å². The van der Waals surface area contributed by atoms with Gasteiger partial charge in [-0.05, 0) is 17.7 Å². The number of aromatic nitrogens is 6. The summed E-state index contributed by atoms with van der Waals surface area (Å²) in [6.07, 6.45) is 5.25. The molecule has 3 aromatic heterocycles. The Morgan fingerprint density at radius 3 is 2.58 bits per heavy atom. The number of anilines is 4. The standard InChI is InChI=1S/C22H25N9OS/c1-28(2)18-17-19(27-22(26-18)29(3)4)30(12-25-17)11-14-6-7-16-15(10-14)31(13-32-5)20-21(33-16)24-9-8-23-20/h6-10,12H,11,13H2,1-5H3. The smallest absolute Gasteiger partial charge is 0.228 e. The average molecular weight is 464 g/mol. The van der Waals surface area contributed by atoms with Gasteiger partial charge in [0.05, 0.1) is 18.6 Å². The van der Waals surface area contributed by atoms with Crippen LogP contribution < -0.4 is 14.7 Å². The van der Waals surface area contributed by atoms with Gasteiger partial charge in [-0.3, -0.25) is 4.90 Å². The summed E-state index contributed by atoms with van der Waals surface area (Å²) >= 11 is 1.62. The molecule has 0 amide bonds. The lowest BCUT2D eigenvalue weighted by atomic mass is 10.2. The highest BCUT2D eigenvalue weighted by atomic mass is 32.2. The predicted molar refractivity (Wildman–Crippen MR) is 130 cm³/mol. The van der Waals surface area contributed by atoms with Crippen LogP contribution in [0.25, 0.3) is 11.2 Å². The highest BCUT2D eigenvalue weighted by Crippen LogP contribution is 2.46. The van der Waals surface area contributed by atoms with Crippen molar-refractivity contribution in [2.24, 2.45) is 0 Å². The Balaban J connectivity index is 1.55. The van der Waals surface area contributed by atoms with Crippen molar-refractivity contribution >= 4 is 46.2 Å². The monoisotopic (exact) mass is 463 g/mol. The first kappa shape index (κ1) is 21.4. The van der Waals surface area contributed by atoms with Crippen molar-refractivity contribution in [3.8, 4) is 0 Å². The molecule has 4 heterocycles. The second-order valence-corrected chi connectivity index (χ2v) is 9.15. The van der Waals surface area contributed by atoms with Crippen LogP contribution in [0.15, 0.2) is 46.8 Å². The second kappa shape index (κ2) is 8.49. The summed E-state index contributed by atoms with van der Waals surface area (Å²) in [6.45, 7) is 1.02. The lowest BCUT2D eigenvalue weighted by Gasteiger charge is -2.30. The van der Waals surface area contributed by atoms with Crippen molar-refractivity contribution in [1.29, 1.82) is 0 Å². The zero-order valence-corrected chi connectivity index (χ0v) is 20.0. The molecule has 0 spiro atoms. The Labute approximate surface area is 196 Å². The molecule has 170 valence electrons. The van der Waals surface area contributed by atoms with Crippen LogP contribution in [0.4, 0.5) is 23.3 Å². The SMILES string of the molecule is COCN1c2cc(Cn3cnc4c(N(C)C)nc(N(C)C)nc43)ccc2Sc2nccnc21. The summed E-state index contributed by atoms with van der Waals surface area (Å²) in [7, 11) is 9.49. The highest BCUT2D eigenvalue weighted by molar-refractivity contribution is 7.99. The normalized spacial score (nSPS) is 12.6. The summed E-state index contributed by atoms with van der Waals surface area (Å²) in [6, 6.07) is 6.43. The molecular formula is C22H25N9OS.